The molecule has 1 aromatic carbocycles. The maximum absolute atomic E-state index is 14.4. The third-order valence-corrected chi connectivity index (χ3v) is 8.78. The summed E-state index contributed by atoms with van der Waals surface area (Å²) in [6, 6.07) is 6.00. The number of nitrogens with two attached hydrogens (primary N) is 1. The van der Waals surface area contributed by atoms with Crippen molar-refractivity contribution in [2.75, 3.05) is 12.3 Å². The molecule has 3 aromatic heterocycles. The van der Waals surface area contributed by atoms with E-state index in [1.807, 2.05) is 12.3 Å². The van der Waals surface area contributed by atoms with Crippen molar-refractivity contribution in [2.45, 2.75) is 76.2 Å². The average Bonchev–Trinajstić information content (AvgIpc) is 3.53. The molecule has 0 aliphatic heterocycles. The van der Waals surface area contributed by atoms with E-state index < -0.39 is 11.8 Å². The van der Waals surface area contributed by atoms with Gasteiger partial charge in [-0.1, -0.05) is 11.6 Å². The van der Waals surface area contributed by atoms with Gasteiger partial charge in [0.2, 0.25) is 0 Å². The van der Waals surface area contributed by atoms with Gasteiger partial charge in [-0.2, -0.15) is 0 Å². The van der Waals surface area contributed by atoms with E-state index in [9.17, 15) is 9.50 Å². The van der Waals surface area contributed by atoms with E-state index in [0.29, 0.717) is 34.3 Å². The van der Waals surface area contributed by atoms with Crippen LogP contribution in [0.3, 0.4) is 0 Å². The highest BCUT2D eigenvalue weighted by Gasteiger charge is 2.36. The molecule has 0 radical (unpaired) electrons. The smallest absolute Gasteiger partial charge is 0.145 e. The lowest BCUT2D eigenvalue weighted by atomic mass is 9.77. The molecule has 10 heteroatoms. The summed E-state index contributed by atoms with van der Waals surface area (Å²) in [7, 11) is 0. The van der Waals surface area contributed by atoms with Gasteiger partial charge in [-0.05, 0) is 82.5 Å². The Labute approximate surface area is 226 Å². The second kappa shape index (κ2) is 9.77. The van der Waals surface area contributed by atoms with Crippen molar-refractivity contribution < 1.29 is 9.50 Å². The van der Waals surface area contributed by atoms with Gasteiger partial charge in [0.15, 0.2) is 0 Å². The third-order valence-electron chi connectivity index (χ3n) is 8.47. The average molecular weight is 540 g/mol. The van der Waals surface area contributed by atoms with Gasteiger partial charge in [-0.25, -0.2) is 19.3 Å². The van der Waals surface area contributed by atoms with E-state index in [1.165, 1.54) is 20.2 Å². The summed E-state index contributed by atoms with van der Waals surface area (Å²) in [6.07, 6.45) is 9.00. The van der Waals surface area contributed by atoms with Crippen LogP contribution in [-0.4, -0.2) is 48.3 Å². The summed E-state index contributed by atoms with van der Waals surface area (Å²) >= 11 is 6.29. The second-order valence-corrected chi connectivity index (χ2v) is 12.1. The minimum absolute atomic E-state index is 0.00786. The number of nitrogens with zero attached hydrogens (tertiary/aromatic N) is 4. The van der Waals surface area contributed by atoms with E-state index in [2.05, 4.69) is 29.8 Å². The molecule has 2 aliphatic rings. The van der Waals surface area contributed by atoms with Crippen molar-refractivity contribution >= 4 is 39.5 Å². The van der Waals surface area contributed by atoms with Crippen molar-refractivity contribution in [1.29, 1.82) is 0 Å². The fourth-order valence-electron chi connectivity index (χ4n) is 6.29. The zero-order valence-electron chi connectivity index (χ0n) is 21.8. The minimum atomic E-state index is -1.50. The lowest BCUT2D eigenvalue weighted by molar-refractivity contribution is 0.135. The van der Waals surface area contributed by atoms with Crippen LogP contribution < -0.4 is 11.1 Å². The van der Waals surface area contributed by atoms with Crippen molar-refractivity contribution in [3.8, 4) is 0 Å². The van der Waals surface area contributed by atoms with Gasteiger partial charge in [0.05, 0.1) is 28.6 Å². The lowest BCUT2D eigenvalue weighted by Crippen LogP contribution is -2.43. The molecule has 3 atom stereocenters. The van der Waals surface area contributed by atoms with E-state index in [1.54, 1.807) is 12.1 Å². The molecule has 2 saturated carbocycles. The topological polar surface area (TPSA) is 118 Å². The van der Waals surface area contributed by atoms with Crippen LogP contribution in [0.4, 0.5) is 10.2 Å². The molecule has 3 heterocycles. The minimum Gasteiger partial charge on any atom is -0.391 e. The molecule has 202 valence electrons. The third kappa shape index (κ3) is 4.87. The molecule has 38 heavy (non-hydrogen) atoms. The number of aromatic nitrogens is 5. The molecule has 5 N–H and O–H groups in total. The summed E-state index contributed by atoms with van der Waals surface area (Å²) < 4.78 is 16.5. The number of nitrogen functional groups attached to an aromatic ring is 1. The SMILES string of the molecule is CC(C)(F)c1cc2[nH]c(CCC3CC(NC[C@@H]4C[C@@H](O)[C@H](n5ccc6c(N)ncnc65)C4)C3)nc2cc1Cl. The highest BCUT2D eigenvalue weighted by atomic mass is 35.5. The standard InChI is InChI=1S/C28H35ClFN7O/c1-28(2,30)19-11-21-22(12-20(19)29)36-25(35-21)4-3-15-7-17(8-15)32-13-16-9-23(24(38)10-16)37-6-5-18-26(31)33-14-34-27(18)37/h5-6,11-12,14-17,23-24,32,38H,3-4,7-10,13H2,1-2H3,(H,35,36)(H2,31,33,34)/t15?,16-,17?,23+,24+/m0/s1. The summed E-state index contributed by atoms with van der Waals surface area (Å²) in [5.74, 6) is 2.49. The number of benzene rings is 1. The Kier molecular flexibility index (Phi) is 6.56. The molecule has 0 spiro atoms. The van der Waals surface area contributed by atoms with Crippen LogP contribution in [0.5, 0.6) is 0 Å². The Bertz CT molecular complexity index is 1450. The number of aliphatic hydroxyl groups excluding tert-OH is 1. The molecular formula is C28H35ClFN7O. The molecule has 2 fully saturated rings. The molecule has 2 aliphatic carbocycles. The number of halogens is 2. The summed E-state index contributed by atoms with van der Waals surface area (Å²) in [4.78, 5) is 16.5. The van der Waals surface area contributed by atoms with Crippen molar-refractivity contribution in [2.24, 2.45) is 11.8 Å². The number of rotatable bonds is 8. The van der Waals surface area contributed by atoms with E-state index in [-0.39, 0.29) is 6.04 Å². The number of nitrogens with one attached hydrogen (secondary N) is 2. The number of alkyl halides is 1. The summed E-state index contributed by atoms with van der Waals surface area (Å²) in [5, 5.41) is 15.8. The van der Waals surface area contributed by atoms with Crippen molar-refractivity contribution in [1.82, 2.24) is 29.8 Å². The van der Waals surface area contributed by atoms with Gasteiger partial charge < -0.3 is 25.7 Å². The number of H-pyrrole nitrogens is 1. The van der Waals surface area contributed by atoms with Gasteiger partial charge >= 0.3 is 0 Å². The number of hydrogen-bond acceptors (Lipinski definition) is 6. The van der Waals surface area contributed by atoms with Crippen LogP contribution in [0, 0.1) is 11.8 Å². The lowest BCUT2D eigenvalue weighted by Gasteiger charge is -2.36. The Hall–Kier alpha value is -2.75. The molecule has 0 unspecified atom stereocenters. The molecule has 4 aromatic rings. The predicted molar refractivity (Wildman–Crippen MR) is 148 cm³/mol. The second-order valence-electron chi connectivity index (χ2n) is 11.7. The molecule has 0 bridgehead atoms. The number of fused-ring (bicyclic) bond motifs is 2. The van der Waals surface area contributed by atoms with Crippen LogP contribution >= 0.6 is 11.6 Å². The highest BCUT2D eigenvalue weighted by molar-refractivity contribution is 6.32. The Morgan fingerprint density at radius 1 is 1.21 bits per heavy atom. The Morgan fingerprint density at radius 2 is 2.03 bits per heavy atom. The zero-order valence-corrected chi connectivity index (χ0v) is 22.5. The molecular weight excluding hydrogens is 505 g/mol. The fraction of sp³-hybridized carbons (Fsp3) is 0.536. The van der Waals surface area contributed by atoms with Gasteiger partial charge in [-0.3, -0.25) is 0 Å². The Balaban J connectivity index is 0.971. The molecule has 6 rings (SSSR count). The number of hydrogen-bond donors (Lipinski definition) is 4. The zero-order chi connectivity index (χ0) is 26.6. The molecule has 8 nitrogen and oxygen atoms in total. The van der Waals surface area contributed by atoms with Gasteiger partial charge in [0, 0.05) is 29.2 Å². The van der Waals surface area contributed by atoms with Crippen LogP contribution in [0.15, 0.2) is 30.7 Å². The van der Waals surface area contributed by atoms with E-state index >= 15 is 0 Å². The van der Waals surface area contributed by atoms with Crippen molar-refractivity contribution in [3.05, 3.63) is 47.1 Å². The van der Waals surface area contributed by atoms with E-state index in [0.717, 1.165) is 73.0 Å². The molecule has 0 saturated heterocycles. The van der Waals surface area contributed by atoms with Crippen molar-refractivity contribution in [3.63, 3.8) is 0 Å². The summed E-state index contributed by atoms with van der Waals surface area (Å²) in [6.45, 7) is 3.95. The van der Waals surface area contributed by atoms with Gasteiger partial charge in [0.1, 0.15) is 29.3 Å². The van der Waals surface area contributed by atoms with E-state index in [4.69, 9.17) is 17.3 Å². The maximum Gasteiger partial charge on any atom is 0.145 e. The predicted octanol–water partition coefficient (Wildman–Crippen LogP) is 5.06. The quantitative estimate of drug-likeness (QED) is 0.248. The Morgan fingerprint density at radius 3 is 2.82 bits per heavy atom. The number of anilines is 1. The first-order valence-corrected chi connectivity index (χ1v) is 13.9. The van der Waals surface area contributed by atoms with Gasteiger partial charge in [-0.15, -0.1) is 0 Å². The van der Waals surface area contributed by atoms with Crippen LogP contribution in [0.1, 0.15) is 63.4 Å². The van der Waals surface area contributed by atoms with Crippen LogP contribution in [-0.2, 0) is 12.1 Å². The normalized spacial score (nSPS) is 25.9. The first-order valence-electron chi connectivity index (χ1n) is 13.5. The van der Waals surface area contributed by atoms with Crippen LogP contribution in [0.25, 0.3) is 22.1 Å². The number of aliphatic hydroxyl groups is 1. The number of aryl methyl sites for hydroxylation is 1. The highest BCUT2D eigenvalue weighted by Crippen LogP contribution is 2.38. The number of aromatic amines is 1. The molecule has 0 amide bonds. The summed E-state index contributed by atoms with van der Waals surface area (Å²) in [5.41, 5.74) is 7.37. The maximum atomic E-state index is 14.4. The largest absolute Gasteiger partial charge is 0.391 e. The first kappa shape index (κ1) is 25.5. The van der Waals surface area contributed by atoms with Crippen LogP contribution in [0.2, 0.25) is 5.02 Å². The number of imidazole rings is 1. The monoisotopic (exact) mass is 539 g/mol. The van der Waals surface area contributed by atoms with Gasteiger partial charge in [0.25, 0.3) is 0 Å². The first-order chi connectivity index (χ1) is 18.2. The fourth-order valence-corrected chi connectivity index (χ4v) is 6.67.